The van der Waals surface area contributed by atoms with E-state index in [1.54, 1.807) is 23.6 Å². The highest BCUT2D eigenvalue weighted by molar-refractivity contribution is 7.14. The number of hydrogen-bond acceptors (Lipinski definition) is 7. The number of carbonyl (C=O) groups is 2. The highest BCUT2D eigenvalue weighted by Gasteiger charge is 2.19. The van der Waals surface area contributed by atoms with Crippen LogP contribution in [0.1, 0.15) is 20.7 Å². The number of hydrogen-bond donors (Lipinski definition) is 1. The molecule has 3 rings (SSSR count). The molecule has 1 heterocycles. The molecule has 3 aromatic rings. The summed E-state index contributed by atoms with van der Waals surface area (Å²) in [5, 5.41) is 16.2. The summed E-state index contributed by atoms with van der Waals surface area (Å²) in [6.07, 6.45) is 0. The van der Waals surface area contributed by atoms with Crippen molar-refractivity contribution in [1.82, 2.24) is 4.98 Å². The van der Waals surface area contributed by atoms with Crippen LogP contribution in [0.25, 0.3) is 11.3 Å². The number of aromatic nitrogens is 1. The van der Waals surface area contributed by atoms with Crippen LogP contribution < -0.4 is 5.32 Å². The third-order valence-corrected chi connectivity index (χ3v) is 4.77. The van der Waals surface area contributed by atoms with Gasteiger partial charge in [0, 0.05) is 33.7 Å². The lowest BCUT2D eigenvalue weighted by Gasteiger charge is -2.05. The van der Waals surface area contributed by atoms with Gasteiger partial charge >= 0.3 is 5.97 Å². The van der Waals surface area contributed by atoms with E-state index >= 15 is 0 Å². The zero-order valence-electron chi connectivity index (χ0n) is 14.3. The summed E-state index contributed by atoms with van der Waals surface area (Å²) in [6, 6.07) is 10.5. The molecule has 28 heavy (non-hydrogen) atoms. The number of esters is 1. The molecule has 1 aromatic heterocycles. The Bertz CT molecular complexity index is 1080. The minimum Gasteiger partial charge on any atom is -0.465 e. The lowest BCUT2D eigenvalue weighted by molar-refractivity contribution is -0.384. The molecule has 142 valence electrons. The molecular weight excluding hydrogens is 406 g/mol. The Morgan fingerprint density at radius 2 is 1.93 bits per heavy atom. The van der Waals surface area contributed by atoms with Gasteiger partial charge in [-0.25, -0.2) is 9.78 Å². The van der Waals surface area contributed by atoms with Crippen LogP contribution in [0.15, 0.2) is 47.8 Å². The molecule has 0 aliphatic heterocycles. The smallest absolute Gasteiger partial charge is 0.338 e. The van der Waals surface area contributed by atoms with Gasteiger partial charge in [-0.1, -0.05) is 29.8 Å². The van der Waals surface area contributed by atoms with Gasteiger partial charge < -0.3 is 4.74 Å². The number of ether oxygens (including phenoxy) is 1. The Balaban J connectivity index is 1.87. The number of benzene rings is 2. The van der Waals surface area contributed by atoms with Gasteiger partial charge in [0.15, 0.2) is 5.13 Å². The fraction of sp³-hybridized carbons (Fsp3) is 0.0556. The predicted octanol–water partition coefficient (Wildman–Crippen LogP) is 4.41. The second-order valence-electron chi connectivity index (χ2n) is 5.49. The van der Waals surface area contributed by atoms with Crippen molar-refractivity contribution in [3.05, 3.63) is 74.1 Å². The number of anilines is 1. The summed E-state index contributed by atoms with van der Waals surface area (Å²) in [7, 11) is 1.15. The van der Waals surface area contributed by atoms with Crippen LogP contribution in [0.3, 0.4) is 0 Å². The number of carbonyl (C=O) groups excluding carboxylic acids is 2. The number of rotatable bonds is 5. The Labute approximate surface area is 167 Å². The Kier molecular flexibility index (Phi) is 5.67. The second-order valence-corrected chi connectivity index (χ2v) is 6.75. The maximum absolute atomic E-state index is 12.5. The Morgan fingerprint density at radius 1 is 1.21 bits per heavy atom. The van der Waals surface area contributed by atoms with E-state index in [4.69, 9.17) is 11.6 Å². The summed E-state index contributed by atoms with van der Waals surface area (Å²) in [6.45, 7) is 0. The highest BCUT2D eigenvalue weighted by atomic mass is 35.5. The van der Waals surface area contributed by atoms with E-state index in [-0.39, 0.29) is 16.3 Å². The molecule has 0 saturated heterocycles. The number of nitrogens with one attached hydrogen (secondary N) is 1. The second kappa shape index (κ2) is 8.15. The number of non-ortho nitro benzene ring substituents is 1. The molecular formula is C18H12ClN3O5S. The van der Waals surface area contributed by atoms with Crippen molar-refractivity contribution in [2.45, 2.75) is 0 Å². The van der Waals surface area contributed by atoms with Crippen molar-refractivity contribution in [3.8, 4) is 11.3 Å². The fourth-order valence-corrected chi connectivity index (χ4v) is 3.31. The molecule has 0 unspecified atom stereocenters. The number of methoxy groups -OCH3 is 1. The number of nitro groups is 1. The predicted molar refractivity (Wildman–Crippen MR) is 105 cm³/mol. The van der Waals surface area contributed by atoms with E-state index < -0.39 is 22.5 Å². The average molecular weight is 418 g/mol. The molecule has 2 aromatic carbocycles. The molecule has 1 N–H and O–H groups in total. The molecule has 0 bridgehead atoms. The number of nitrogens with zero attached hydrogens (tertiary/aromatic N) is 2. The van der Waals surface area contributed by atoms with E-state index in [1.807, 2.05) is 6.07 Å². The minimum atomic E-state index is -0.784. The van der Waals surface area contributed by atoms with Crippen LogP contribution >= 0.6 is 22.9 Å². The average Bonchev–Trinajstić information content (AvgIpc) is 3.15. The first-order chi connectivity index (χ1) is 13.4. The zero-order chi connectivity index (χ0) is 20.3. The monoisotopic (exact) mass is 417 g/mol. The summed E-state index contributed by atoms with van der Waals surface area (Å²) in [5.74, 6) is -1.43. The third kappa shape index (κ3) is 4.16. The molecule has 0 spiro atoms. The number of amides is 1. The summed E-state index contributed by atoms with van der Waals surface area (Å²) in [4.78, 5) is 38.9. The van der Waals surface area contributed by atoms with Gasteiger partial charge in [-0.15, -0.1) is 11.3 Å². The number of halogens is 1. The van der Waals surface area contributed by atoms with Crippen molar-refractivity contribution >= 4 is 45.6 Å². The molecule has 0 aliphatic carbocycles. The minimum absolute atomic E-state index is 0.0657. The van der Waals surface area contributed by atoms with Crippen LogP contribution in [0.2, 0.25) is 5.02 Å². The Morgan fingerprint density at radius 3 is 2.61 bits per heavy atom. The summed E-state index contributed by atoms with van der Waals surface area (Å²) >= 11 is 7.32. The quantitative estimate of drug-likeness (QED) is 0.374. The fourth-order valence-electron chi connectivity index (χ4n) is 2.38. The maximum Gasteiger partial charge on any atom is 0.338 e. The van der Waals surface area contributed by atoms with Gasteiger partial charge in [0.25, 0.3) is 11.6 Å². The lowest BCUT2D eigenvalue weighted by atomic mass is 10.1. The van der Waals surface area contributed by atoms with Gasteiger partial charge in [-0.3, -0.25) is 20.2 Å². The van der Waals surface area contributed by atoms with E-state index in [1.165, 1.54) is 17.4 Å². The lowest BCUT2D eigenvalue weighted by Crippen LogP contribution is -2.14. The molecule has 1 amide bonds. The van der Waals surface area contributed by atoms with E-state index in [9.17, 15) is 19.7 Å². The third-order valence-electron chi connectivity index (χ3n) is 3.69. The van der Waals surface area contributed by atoms with E-state index in [2.05, 4.69) is 15.0 Å². The van der Waals surface area contributed by atoms with Crippen molar-refractivity contribution in [2.75, 3.05) is 12.4 Å². The van der Waals surface area contributed by atoms with E-state index in [0.717, 1.165) is 19.2 Å². The summed E-state index contributed by atoms with van der Waals surface area (Å²) < 4.78 is 4.57. The molecule has 0 fully saturated rings. The van der Waals surface area contributed by atoms with Crippen LogP contribution in [0.5, 0.6) is 0 Å². The Hall–Kier alpha value is -3.30. The van der Waals surface area contributed by atoms with Crippen molar-refractivity contribution < 1.29 is 19.2 Å². The van der Waals surface area contributed by atoms with Crippen molar-refractivity contribution in [1.29, 1.82) is 0 Å². The first-order valence-corrected chi connectivity index (χ1v) is 9.04. The molecule has 8 nitrogen and oxygen atoms in total. The SMILES string of the molecule is COC(=O)c1cc(C(=O)Nc2nc(-c3ccccc3Cl)cs2)cc([N+](=O)[O-])c1. The normalized spacial score (nSPS) is 10.4. The van der Waals surface area contributed by atoms with Crippen molar-refractivity contribution in [3.63, 3.8) is 0 Å². The number of thiazole rings is 1. The van der Waals surface area contributed by atoms with Gasteiger partial charge in [-0.2, -0.15) is 0 Å². The van der Waals surface area contributed by atoms with E-state index in [0.29, 0.717) is 16.3 Å². The van der Waals surface area contributed by atoms with Crippen LogP contribution in [-0.4, -0.2) is 28.9 Å². The largest absolute Gasteiger partial charge is 0.465 e. The topological polar surface area (TPSA) is 111 Å². The molecule has 0 atom stereocenters. The van der Waals surface area contributed by atoms with Crippen LogP contribution in [0.4, 0.5) is 10.8 Å². The molecule has 10 heteroatoms. The van der Waals surface area contributed by atoms with Gasteiger partial charge in [-0.05, 0) is 12.1 Å². The van der Waals surface area contributed by atoms with Gasteiger partial charge in [0.05, 0.1) is 23.3 Å². The van der Waals surface area contributed by atoms with Gasteiger partial charge in [0.2, 0.25) is 0 Å². The molecule has 0 saturated carbocycles. The van der Waals surface area contributed by atoms with Gasteiger partial charge in [0.1, 0.15) is 0 Å². The first-order valence-electron chi connectivity index (χ1n) is 7.78. The molecule has 0 radical (unpaired) electrons. The number of nitro benzene ring substituents is 1. The zero-order valence-corrected chi connectivity index (χ0v) is 15.9. The van der Waals surface area contributed by atoms with Crippen LogP contribution in [0, 0.1) is 10.1 Å². The highest BCUT2D eigenvalue weighted by Crippen LogP contribution is 2.30. The van der Waals surface area contributed by atoms with Crippen molar-refractivity contribution in [2.24, 2.45) is 0 Å². The maximum atomic E-state index is 12.5. The first kappa shape index (κ1) is 19.5. The standard InChI is InChI=1S/C18H12ClN3O5S/c1-27-17(24)11-6-10(7-12(8-11)22(25)26)16(23)21-18-20-15(9-28-18)13-4-2-3-5-14(13)19/h2-9H,1H3,(H,20,21,23). The molecule has 0 aliphatic rings. The van der Waals surface area contributed by atoms with Crippen LogP contribution in [-0.2, 0) is 4.74 Å². The summed E-state index contributed by atoms with van der Waals surface area (Å²) in [5.41, 5.74) is 0.732.